The molecule has 1 aliphatic heterocycles. The lowest BCUT2D eigenvalue weighted by atomic mass is 9.95. The first kappa shape index (κ1) is 23.2. The summed E-state index contributed by atoms with van der Waals surface area (Å²) >= 11 is 0. The van der Waals surface area contributed by atoms with Crippen LogP contribution in [0.25, 0.3) is 11.1 Å². The number of aromatic amines is 1. The number of aromatic nitrogens is 2. The van der Waals surface area contributed by atoms with E-state index < -0.39 is 0 Å². The Hall–Kier alpha value is -4.01. The van der Waals surface area contributed by atoms with E-state index in [1.807, 2.05) is 31.2 Å². The molecule has 34 heavy (non-hydrogen) atoms. The van der Waals surface area contributed by atoms with Gasteiger partial charge in [0.25, 0.3) is 5.91 Å². The van der Waals surface area contributed by atoms with Crippen molar-refractivity contribution in [1.82, 2.24) is 15.1 Å². The largest absolute Gasteiger partial charge is 0.497 e. The summed E-state index contributed by atoms with van der Waals surface area (Å²) in [6.45, 7) is 2.04. The number of likely N-dealkylation sites (N-methyl/N-ethyl adjacent to an activating group) is 1. The molecule has 1 atom stereocenters. The molecule has 0 bridgehead atoms. The van der Waals surface area contributed by atoms with Crippen LogP contribution in [0.15, 0.2) is 42.6 Å². The lowest BCUT2D eigenvalue weighted by Crippen LogP contribution is -2.33. The first-order chi connectivity index (χ1) is 16.4. The number of fused-ring (bicyclic) bond motifs is 1. The molecule has 0 saturated heterocycles. The maximum Gasteiger partial charge on any atom is 0.259 e. The predicted molar refractivity (Wildman–Crippen MR) is 127 cm³/mol. The quantitative estimate of drug-likeness (QED) is 0.557. The van der Waals surface area contributed by atoms with E-state index in [0.29, 0.717) is 17.9 Å². The zero-order chi connectivity index (χ0) is 24.2. The fourth-order valence-corrected chi connectivity index (χ4v) is 3.72. The molecule has 0 aliphatic carbocycles. The van der Waals surface area contributed by atoms with Gasteiger partial charge in [0.05, 0.1) is 24.9 Å². The topological polar surface area (TPSA) is 106 Å². The summed E-state index contributed by atoms with van der Waals surface area (Å²) < 4.78 is 16.9. The standard InChI is InChI=1S/C25H28N4O5/c1-15-20(12-26-28-15)16-5-7-21(23(11-16)34-14-24(30)29(2)3)27-25(31)18-9-17-10-19(32-4)6-8-22(17)33-13-18/h5-8,10-12,18H,9,13-14H2,1-4H3,(H,26,28)(H,27,31)/t18-/m0/s1. The SMILES string of the molecule is COc1ccc2c(c1)C[C@H](C(=O)Nc1ccc(-c3cn[nH]c3C)cc1OCC(=O)N(C)C)CO2. The van der Waals surface area contributed by atoms with Crippen LogP contribution in [0, 0.1) is 12.8 Å². The molecule has 1 aliphatic rings. The Bertz CT molecular complexity index is 1200. The first-order valence-electron chi connectivity index (χ1n) is 10.9. The third kappa shape index (κ3) is 4.98. The third-order valence-electron chi connectivity index (χ3n) is 5.78. The summed E-state index contributed by atoms with van der Waals surface area (Å²) in [5, 5.41) is 9.94. The van der Waals surface area contributed by atoms with Crippen LogP contribution in [-0.4, -0.2) is 61.3 Å². The van der Waals surface area contributed by atoms with Crippen molar-refractivity contribution in [1.29, 1.82) is 0 Å². The third-order valence-corrected chi connectivity index (χ3v) is 5.78. The molecule has 0 saturated carbocycles. The van der Waals surface area contributed by atoms with Gasteiger partial charge in [-0.3, -0.25) is 14.7 Å². The Balaban J connectivity index is 1.55. The van der Waals surface area contributed by atoms with Gasteiger partial charge in [-0.05, 0) is 54.8 Å². The lowest BCUT2D eigenvalue weighted by Gasteiger charge is -2.25. The minimum absolute atomic E-state index is 0.149. The molecule has 0 radical (unpaired) electrons. The second-order valence-corrected chi connectivity index (χ2v) is 8.37. The van der Waals surface area contributed by atoms with E-state index in [4.69, 9.17) is 14.2 Å². The van der Waals surface area contributed by atoms with E-state index in [1.54, 1.807) is 39.5 Å². The number of benzene rings is 2. The lowest BCUT2D eigenvalue weighted by molar-refractivity contribution is -0.130. The number of ether oxygens (including phenoxy) is 3. The molecule has 3 aromatic rings. The summed E-state index contributed by atoms with van der Waals surface area (Å²) in [5.74, 6) is 1.12. The Kier molecular flexibility index (Phi) is 6.72. The predicted octanol–water partition coefficient (Wildman–Crippen LogP) is 3.05. The van der Waals surface area contributed by atoms with E-state index in [9.17, 15) is 9.59 Å². The number of anilines is 1. The molecule has 1 aromatic heterocycles. The minimum atomic E-state index is -0.383. The Morgan fingerprint density at radius 3 is 2.76 bits per heavy atom. The number of amides is 2. The highest BCUT2D eigenvalue weighted by molar-refractivity contribution is 5.95. The fourth-order valence-electron chi connectivity index (χ4n) is 3.72. The van der Waals surface area contributed by atoms with Crippen LogP contribution < -0.4 is 19.5 Å². The number of rotatable bonds is 7. The van der Waals surface area contributed by atoms with Gasteiger partial charge in [-0.2, -0.15) is 5.10 Å². The number of carbonyl (C=O) groups excluding carboxylic acids is 2. The van der Waals surface area contributed by atoms with E-state index in [1.165, 1.54) is 4.90 Å². The van der Waals surface area contributed by atoms with E-state index >= 15 is 0 Å². The van der Waals surface area contributed by atoms with Gasteiger partial charge in [-0.15, -0.1) is 0 Å². The van der Waals surface area contributed by atoms with Crippen molar-refractivity contribution in [2.24, 2.45) is 5.92 Å². The number of nitrogens with one attached hydrogen (secondary N) is 2. The zero-order valence-electron chi connectivity index (χ0n) is 19.7. The average Bonchev–Trinajstić information content (AvgIpc) is 3.27. The van der Waals surface area contributed by atoms with Crippen molar-refractivity contribution < 1.29 is 23.8 Å². The van der Waals surface area contributed by atoms with Crippen molar-refractivity contribution in [2.75, 3.05) is 39.7 Å². The molecule has 2 N–H and O–H groups in total. The molecule has 2 heterocycles. The van der Waals surface area contributed by atoms with Gasteiger partial charge in [0, 0.05) is 25.4 Å². The number of carbonyl (C=O) groups is 2. The summed E-state index contributed by atoms with van der Waals surface area (Å²) in [4.78, 5) is 26.7. The number of nitrogens with zero attached hydrogens (tertiary/aromatic N) is 2. The van der Waals surface area contributed by atoms with Crippen molar-refractivity contribution >= 4 is 17.5 Å². The summed E-state index contributed by atoms with van der Waals surface area (Å²) in [6, 6.07) is 11.0. The second-order valence-electron chi connectivity index (χ2n) is 8.37. The van der Waals surface area contributed by atoms with E-state index in [0.717, 1.165) is 33.9 Å². The number of methoxy groups -OCH3 is 1. The maximum atomic E-state index is 13.1. The minimum Gasteiger partial charge on any atom is -0.497 e. The van der Waals surface area contributed by atoms with Crippen molar-refractivity contribution in [3.05, 3.63) is 53.9 Å². The van der Waals surface area contributed by atoms with Gasteiger partial charge in [0.2, 0.25) is 5.91 Å². The van der Waals surface area contributed by atoms with Crippen molar-refractivity contribution in [3.8, 4) is 28.4 Å². The molecule has 9 nitrogen and oxygen atoms in total. The normalized spacial score (nSPS) is 14.5. The number of hydrogen-bond acceptors (Lipinski definition) is 6. The van der Waals surface area contributed by atoms with Gasteiger partial charge in [-0.25, -0.2) is 0 Å². The molecule has 0 unspecified atom stereocenters. The molecule has 2 aromatic carbocycles. The molecule has 9 heteroatoms. The van der Waals surface area contributed by atoms with Gasteiger partial charge in [0.1, 0.15) is 23.9 Å². The van der Waals surface area contributed by atoms with Crippen LogP contribution in [0.3, 0.4) is 0 Å². The summed E-state index contributed by atoms with van der Waals surface area (Å²) in [7, 11) is 4.93. The smallest absolute Gasteiger partial charge is 0.259 e. The Labute approximate surface area is 198 Å². The van der Waals surface area contributed by atoms with Crippen LogP contribution in [0.4, 0.5) is 5.69 Å². The molecular formula is C25H28N4O5. The molecule has 4 rings (SSSR count). The zero-order valence-corrected chi connectivity index (χ0v) is 19.7. The van der Waals surface area contributed by atoms with Crippen LogP contribution in [0.5, 0.6) is 17.2 Å². The highest BCUT2D eigenvalue weighted by Crippen LogP contribution is 2.34. The summed E-state index contributed by atoms with van der Waals surface area (Å²) in [5.41, 5.74) is 4.08. The number of aryl methyl sites for hydroxylation is 1. The molecule has 0 spiro atoms. The molecule has 2 amide bonds. The van der Waals surface area contributed by atoms with Crippen LogP contribution in [-0.2, 0) is 16.0 Å². The van der Waals surface area contributed by atoms with Gasteiger partial charge < -0.3 is 24.4 Å². The highest BCUT2D eigenvalue weighted by Gasteiger charge is 2.27. The fraction of sp³-hybridized carbons (Fsp3) is 0.320. The number of hydrogen-bond donors (Lipinski definition) is 2. The van der Waals surface area contributed by atoms with Gasteiger partial charge in [-0.1, -0.05) is 6.07 Å². The van der Waals surface area contributed by atoms with Gasteiger partial charge >= 0.3 is 0 Å². The van der Waals surface area contributed by atoms with Gasteiger partial charge in [0.15, 0.2) is 6.61 Å². The first-order valence-corrected chi connectivity index (χ1v) is 10.9. The number of H-pyrrole nitrogens is 1. The van der Waals surface area contributed by atoms with Crippen LogP contribution >= 0.6 is 0 Å². The van der Waals surface area contributed by atoms with Crippen LogP contribution in [0.2, 0.25) is 0 Å². The Morgan fingerprint density at radius 2 is 2.06 bits per heavy atom. The average molecular weight is 465 g/mol. The molecular weight excluding hydrogens is 436 g/mol. The van der Waals surface area contributed by atoms with Crippen LogP contribution in [0.1, 0.15) is 11.3 Å². The van der Waals surface area contributed by atoms with Crippen molar-refractivity contribution in [2.45, 2.75) is 13.3 Å². The van der Waals surface area contributed by atoms with E-state index in [-0.39, 0.29) is 30.9 Å². The summed E-state index contributed by atoms with van der Waals surface area (Å²) in [6.07, 6.45) is 2.25. The Morgan fingerprint density at radius 1 is 1.24 bits per heavy atom. The van der Waals surface area contributed by atoms with Crippen molar-refractivity contribution in [3.63, 3.8) is 0 Å². The van der Waals surface area contributed by atoms with E-state index in [2.05, 4.69) is 15.5 Å². The molecule has 0 fully saturated rings. The second kappa shape index (κ2) is 9.86. The molecule has 178 valence electrons. The highest BCUT2D eigenvalue weighted by atomic mass is 16.5. The monoisotopic (exact) mass is 464 g/mol. The maximum absolute atomic E-state index is 13.1.